The molecule has 1 saturated heterocycles. The van der Waals surface area contributed by atoms with E-state index in [2.05, 4.69) is 20.2 Å². The number of aromatic nitrogens is 2. The van der Waals surface area contributed by atoms with Gasteiger partial charge in [0.1, 0.15) is 0 Å². The molecule has 3 rings (SSSR count). The van der Waals surface area contributed by atoms with Crippen LogP contribution in [0.4, 0.5) is 10.7 Å². The molecule has 0 radical (unpaired) electrons. The van der Waals surface area contributed by atoms with E-state index in [0.717, 1.165) is 5.56 Å². The van der Waals surface area contributed by atoms with Gasteiger partial charge in [0, 0.05) is 51.7 Å². The third-order valence-corrected chi connectivity index (χ3v) is 7.53. The molecule has 1 N–H and O–H groups in total. The molecule has 0 bridgehead atoms. The molecule has 1 atom stereocenters. The summed E-state index contributed by atoms with van der Waals surface area (Å²) >= 11 is 0. The monoisotopic (exact) mass is 446 g/mol. The summed E-state index contributed by atoms with van der Waals surface area (Å²) in [5.74, 6) is 0.677. The zero-order valence-corrected chi connectivity index (χ0v) is 19.0. The Morgan fingerprint density at radius 3 is 2.19 bits per heavy atom. The maximum atomic E-state index is 12.7. The van der Waals surface area contributed by atoms with Crippen LogP contribution in [0.15, 0.2) is 47.6 Å². The summed E-state index contributed by atoms with van der Waals surface area (Å²) in [5, 5.41) is 3.00. The Balaban J connectivity index is 1.56. The van der Waals surface area contributed by atoms with Gasteiger partial charge in [-0.3, -0.25) is 0 Å². The van der Waals surface area contributed by atoms with E-state index in [0.29, 0.717) is 45.2 Å². The Kier molecular flexibility index (Phi) is 7.45. The second-order valence-corrected chi connectivity index (χ2v) is 9.29. The molecule has 1 fully saturated rings. The minimum absolute atomic E-state index is 0.138. The molecule has 1 aromatic carbocycles. The van der Waals surface area contributed by atoms with Crippen molar-refractivity contribution in [2.24, 2.45) is 0 Å². The van der Waals surface area contributed by atoms with Crippen LogP contribution in [-0.4, -0.2) is 72.9 Å². The first kappa shape index (κ1) is 23.0. The number of nitrogens with zero attached hydrogens (tertiary/aromatic N) is 5. The Bertz CT molecular complexity index is 956. The maximum absolute atomic E-state index is 12.7. The molecule has 168 valence electrons. The predicted molar refractivity (Wildman–Crippen MR) is 119 cm³/mol. The fourth-order valence-electron chi connectivity index (χ4n) is 3.56. The molecule has 9 nitrogen and oxygen atoms in total. The molecule has 1 aliphatic heterocycles. The number of nitrogens with one attached hydrogen (secondary N) is 1. The van der Waals surface area contributed by atoms with Crippen molar-refractivity contribution in [3.63, 3.8) is 0 Å². The van der Waals surface area contributed by atoms with Crippen LogP contribution in [0.2, 0.25) is 0 Å². The van der Waals surface area contributed by atoms with Crippen LogP contribution in [0.5, 0.6) is 0 Å². The lowest BCUT2D eigenvalue weighted by molar-refractivity contribution is 0.191. The standard InChI is InChI=1S/C21H30N6O3S/c1-4-27(5-2)31(29,30)19-9-7-18(8-10-19)17(3)24-21(28)26-15-13-25(14-16-26)20-22-11-6-12-23-20/h6-12,17H,4-5,13-16H2,1-3H3,(H,24,28)/t17-/m1/s1. The lowest BCUT2D eigenvalue weighted by Crippen LogP contribution is -2.52. The summed E-state index contributed by atoms with van der Waals surface area (Å²) in [6.07, 6.45) is 3.42. The molecule has 0 unspecified atom stereocenters. The number of sulfonamides is 1. The van der Waals surface area contributed by atoms with Gasteiger partial charge in [0.25, 0.3) is 0 Å². The first-order valence-electron chi connectivity index (χ1n) is 10.5. The minimum Gasteiger partial charge on any atom is -0.337 e. The Morgan fingerprint density at radius 2 is 1.65 bits per heavy atom. The Morgan fingerprint density at radius 1 is 1.06 bits per heavy atom. The molecule has 2 heterocycles. The van der Waals surface area contributed by atoms with Crippen LogP contribution in [0.25, 0.3) is 0 Å². The zero-order valence-electron chi connectivity index (χ0n) is 18.2. The maximum Gasteiger partial charge on any atom is 0.317 e. The van der Waals surface area contributed by atoms with Gasteiger partial charge in [0.05, 0.1) is 10.9 Å². The fourth-order valence-corrected chi connectivity index (χ4v) is 5.02. The van der Waals surface area contributed by atoms with Crippen molar-refractivity contribution in [3.8, 4) is 0 Å². The van der Waals surface area contributed by atoms with Gasteiger partial charge < -0.3 is 15.1 Å². The first-order chi connectivity index (χ1) is 14.9. The highest BCUT2D eigenvalue weighted by molar-refractivity contribution is 7.89. The van der Waals surface area contributed by atoms with E-state index in [-0.39, 0.29) is 17.0 Å². The second kappa shape index (κ2) is 10.1. The van der Waals surface area contributed by atoms with Gasteiger partial charge in [-0.2, -0.15) is 4.31 Å². The quantitative estimate of drug-likeness (QED) is 0.699. The molecule has 0 saturated carbocycles. The number of piperazine rings is 1. The highest BCUT2D eigenvalue weighted by Gasteiger charge is 2.24. The lowest BCUT2D eigenvalue weighted by atomic mass is 10.1. The van der Waals surface area contributed by atoms with Crippen molar-refractivity contribution in [2.75, 3.05) is 44.2 Å². The van der Waals surface area contributed by atoms with Crippen molar-refractivity contribution >= 4 is 22.0 Å². The van der Waals surface area contributed by atoms with Crippen molar-refractivity contribution in [2.45, 2.75) is 31.7 Å². The van der Waals surface area contributed by atoms with E-state index in [4.69, 9.17) is 0 Å². The minimum atomic E-state index is -3.49. The average molecular weight is 447 g/mol. The molecule has 1 aliphatic rings. The number of rotatable bonds is 7. The average Bonchev–Trinajstić information content (AvgIpc) is 2.80. The Labute approximate surface area is 184 Å². The zero-order chi connectivity index (χ0) is 22.4. The molecule has 2 amide bonds. The van der Waals surface area contributed by atoms with E-state index >= 15 is 0 Å². The molecule has 1 aromatic heterocycles. The van der Waals surface area contributed by atoms with Gasteiger partial charge in [-0.25, -0.2) is 23.2 Å². The van der Waals surface area contributed by atoms with Gasteiger partial charge in [-0.15, -0.1) is 0 Å². The molecule has 2 aromatic rings. The van der Waals surface area contributed by atoms with Crippen LogP contribution in [0.1, 0.15) is 32.4 Å². The van der Waals surface area contributed by atoms with Crippen molar-refractivity contribution in [1.82, 2.24) is 24.5 Å². The fraction of sp³-hybridized carbons (Fsp3) is 0.476. The SMILES string of the molecule is CCN(CC)S(=O)(=O)c1ccc([C@@H](C)NC(=O)N2CCN(c3ncccn3)CC2)cc1. The van der Waals surface area contributed by atoms with Gasteiger partial charge in [0.2, 0.25) is 16.0 Å². The summed E-state index contributed by atoms with van der Waals surface area (Å²) < 4.78 is 26.7. The topological polar surface area (TPSA) is 98.7 Å². The van der Waals surface area contributed by atoms with Gasteiger partial charge in [-0.1, -0.05) is 26.0 Å². The summed E-state index contributed by atoms with van der Waals surface area (Å²) in [7, 11) is -3.49. The number of hydrogen-bond acceptors (Lipinski definition) is 6. The summed E-state index contributed by atoms with van der Waals surface area (Å²) in [4.78, 5) is 25.3. The molecular formula is C21H30N6O3S. The molecule has 0 aliphatic carbocycles. The molecule has 10 heteroatoms. The number of hydrogen-bond donors (Lipinski definition) is 1. The highest BCUT2D eigenvalue weighted by atomic mass is 32.2. The van der Waals surface area contributed by atoms with E-state index in [1.807, 2.05) is 20.8 Å². The summed E-state index contributed by atoms with van der Waals surface area (Å²) in [6.45, 7) is 8.88. The summed E-state index contributed by atoms with van der Waals surface area (Å²) in [5.41, 5.74) is 0.850. The van der Waals surface area contributed by atoms with Crippen LogP contribution >= 0.6 is 0 Å². The molecule has 0 spiro atoms. The number of amides is 2. The van der Waals surface area contributed by atoms with Crippen LogP contribution in [-0.2, 0) is 10.0 Å². The van der Waals surface area contributed by atoms with Crippen molar-refractivity contribution in [1.29, 1.82) is 0 Å². The van der Waals surface area contributed by atoms with E-state index in [1.165, 1.54) is 4.31 Å². The first-order valence-corrected chi connectivity index (χ1v) is 12.0. The second-order valence-electron chi connectivity index (χ2n) is 7.35. The van der Waals surface area contributed by atoms with Crippen molar-refractivity contribution in [3.05, 3.63) is 48.3 Å². The number of carbonyl (C=O) groups excluding carboxylic acids is 1. The molecular weight excluding hydrogens is 416 g/mol. The van der Waals surface area contributed by atoms with E-state index in [9.17, 15) is 13.2 Å². The number of urea groups is 1. The molecule has 31 heavy (non-hydrogen) atoms. The summed E-state index contributed by atoms with van der Waals surface area (Å²) in [6, 6.07) is 8.11. The number of benzene rings is 1. The van der Waals surface area contributed by atoms with Crippen molar-refractivity contribution < 1.29 is 13.2 Å². The smallest absolute Gasteiger partial charge is 0.317 e. The number of carbonyl (C=O) groups is 1. The normalized spacial score (nSPS) is 15.7. The van der Waals surface area contributed by atoms with Crippen LogP contribution in [0, 0.1) is 0 Å². The number of anilines is 1. The van der Waals surface area contributed by atoms with Gasteiger partial charge in [0.15, 0.2) is 0 Å². The van der Waals surface area contributed by atoms with E-state index < -0.39 is 10.0 Å². The van der Waals surface area contributed by atoms with Gasteiger partial charge >= 0.3 is 6.03 Å². The highest BCUT2D eigenvalue weighted by Crippen LogP contribution is 2.20. The largest absolute Gasteiger partial charge is 0.337 e. The lowest BCUT2D eigenvalue weighted by Gasteiger charge is -2.35. The third kappa shape index (κ3) is 5.31. The van der Waals surface area contributed by atoms with Crippen LogP contribution in [0.3, 0.4) is 0 Å². The Hall–Kier alpha value is -2.72. The third-order valence-electron chi connectivity index (χ3n) is 5.47. The van der Waals surface area contributed by atoms with Gasteiger partial charge in [-0.05, 0) is 30.7 Å². The van der Waals surface area contributed by atoms with Crippen LogP contribution < -0.4 is 10.2 Å². The predicted octanol–water partition coefficient (Wildman–Crippen LogP) is 2.10. The van der Waals surface area contributed by atoms with E-state index in [1.54, 1.807) is 47.6 Å².